The maximum Gasteiger partial charge on any atom is 0.410 e. The fourth-order valence-electron chi connectivity index (χ4n) is 2.22. The molecule has 0 aliphatic carbocycles. The van der Waals surface area contributed by atoms with Crippen LogP contribution in [0.5, 0.6) is 5.75 Å². The van der Waals surface area contributed by atoms with Gasteiger partial charge in [0.15, 0.2) is 0 Å². The number of ether oxygens (including phenoxy) is 6. The van der Waals surface area contributed by atoms with Crippen LogP contribution in [0.15, 0.2) is 24.3 Å². The summed E-state index contributed by atoms with van der Waals surface area (Å²) in [5.74, 6) is 0.665. The number of hydrogen-bond acceptors (Lipinski definition) is 8. The van der Waals surface area contributed by atoms with Crippen LogP contribution < -0.4 is 10.5 Å². The van der Waals surface area contributed by atoms with E-state index in [0.717, 1.165) is 0 Å². The number of nitrogens with zero attached hydrogens (tertiary/aromatic N) is 1. The van der Waals surface area contributed by atoms with Gasteiger partial charge in [0, 0.05) is 13.6 Å². The molecule has 1 amide bonds. The van der Waals surface area contributed by atoms with Gasteiger partial charge in [0.2, 0.25) is 0 Å². The average Bonchev–Trinajstić information content (AvgIpc) is 2.70. The Hall–Kier alpha value is -2.07. The lowest BCUT2D eigenvalue weighted by atomic mass is 10.2. The molecule has 1 rings (SSSR count). The fourth-order valence-corrected chi connectivity index (χ4v) is 2.22. The van der Waals surface area contributed by atoms with Crippen molar-refractivity contribution < 1.29 is 33.2 Å². The summed E-state index contributed by atoms with van der Waals surface area (Å²) in [6, 6.07) is 7.36. The van der Waals surface area contributed by atoms with Crippen molar-refractivity contribution in [1.82, 2.24) is 4.90 Å². The molecule has 0 radical (unpaired) electrons. The van der Waals surface area contributed by atoms with Crippen LogP contribution in [0.1, 0.15) is 20.8 Å². The minimum Gasteiger partial charge on any atom is -0.489 e. The first kappa shape index (κ1) is 27.0. The normalized spacial score (nSPS) is 11.4. The summed E-state index contributed by atoms with van der Waals surface area (Å²) < 4.78 is 32.6. The molecule has 1 aromatic rings. The third kappa shape index (κ3) is 14.5. The lowest BCUT2D eigenvalue weighted by Gasteiger charge is -2.24. The van der Waals surface area contributed by atoms with Crippen molar-refractivity contribution in [3.05, 3.63) is 24.3 Å². The zero-order chi connectivity index (χ0) is 23.0. The Balaban J connectivity index is 1.82. The van der Waals surface area contributed by atoms with Crippen LogP contribution in [0.4, 0.5) is 10.5 Å². The molecule has 0 fully saturated rings. The Morgan fingerprint density at radius 2 is 1.32 bits per heavy atom. The Bertz CT molecular complexity index is 608. The third-order valence-electron chi connectivity index (χ3n) is 3.80. The molecule has 1 aromatic carbocycles. The second-order valence-electron chi connectivity index (χ2n) is 7.74. The van der Waals surface area contributed by atoms with Gasteiger partial charge in [0.05, 0.1) is 58.5 Å². The molecule has 9 heteroatoms. The summed E-state index contributed by atoms with van der Waals surface area (Å²) >= 11 is 0. The van der Waals surface area contributed by atoms with Crippen molar-refractivity contribution in [3.8, 4) is 5.75 Å². The van der Waals surface area contributed by atoms with Gasteiger partial charge in [-0.3, -0.25) is 0 Å². The van der Waals surface area contributed by atoms with E-state index in [0.29, 0.717) is 77.4 Å². The third-order valence-corrected chi connectivity index (χ3v) is 3.80. The van der Waals surface area contributed by atoms with Crippen molar-refractivity contribution in [2.24, 2.45) is 0 Å². The molecule has 0 atom stereocenters. The predicted octanol–water partition coefficient (Wildman–Crippen LogP) is 2.58. The molecule has 9 nitrogen and oxygen atoms in total. The number of likely N-dealkylation sites (N-methyl/N-ethyl adjacent to an activating group) is 1. The standard InChI is InChI=1S/C22H38N2O7/c1-22(2,3)31-21(25)24(4)9-10-26-11-12-27-13-14-28-15-16-29-17-18-30-20-8-6-5-7-19(20)23/h5-8H,9-18,23H2,1-4H3. The lowest BCUT2D eigenvalue weighted by Crippen LogP contribution is -2.36. The number of carbonyl (C=O) groups is 1. The van der Waals surface area contributed by atoms with Gasteiger partial charge in [-0.2, -0.15) is 0 Å². The molecular formula is C22H38N2O7. The summed E-state index contributed by atoms with van der Waals surface area (Å²) in [6.45, 7) is 10.2. The van der Waals surface area contributed by atoms with Gasteiger partial charge in [-0.05, 0) is 32.9 Å². The quantitative estimate of drug-likeness (QED) is 0.308. The van der Waals surface area contributed by atoms with Crippen LogP contribution in [0.25, 0.3) is 0 Å². The number of para-hydroxylation sites is 2. The molecule has 0 bridgehead atoms. The van der Waals surface area contributed by atoms with E-state index in [4.69, 9.17) is 34.2 Å². The molecule has 0 heterocycles. The fraction of sp³-hybridized carbons (Fsp3) is 0.682. The minimum absolute atomic E-state index is 0.359. The minimum atomic E-state index is -0.500. The van der Waals surface area contributed by atoms with Gasteiger partial charge in [-0.15, -0.1) is 0 Å². The Kier molecular flexibility index (Phi) is 13.6. The zero-order valence-corrected chi connectivity index (χ0v) is 19.3. The number of anilines is 1. The van der Waals surface area contributed by atoms with E-state index in [-0.39, 0.29) is 6.09 Å². The first-order valence-electron chi connectivity index (χ1n) is 10.5. The first-order valence-corrected chi connectivity index (χ1v) is 10.5. The SMILES string of the molecule is CN(CCOCCOCCOCCOCCOc1ccccc1N)C(=O)OC(C)(C)C. The van der Waals surface area contributed by atoms with Crippen molar-refractivity contribution in [3.63, 3.8) is 0 Å². The van der Waals surface area contributed by atoms with Crippen LogP contribution >= 0.6 is 0 Å². The van der Waals surface area contributed by atoms with E-state index in [2.05, 4.69) is 0 Å². The number of benzene rings is 1. The van der Waals surface area contributed by atoms with Crippen molar-refractivity contribution in [1.29, 1.82) is 0 Å². The van der Waals surface area contributed by atoms with Crippen molar-refractivity contribution in [2.75, 3.05) is 78.8 Å². The number of nitrogen functional groups attached to an aromatic ring is 1. The maximum absolute atomic E-state index is 11.8. The molecule has 2 N–H and O–H groups in total. The highest BCUT2D eigenvalue weighted by atomic mass is 16.6. The van der Waals surface area contributed by atoms with Crippen LogP contribution in [-0.4, -0.2) is 89.6 Å². The van der Waals surface area contributed by atoms with Gasteiger partial charge < -0.3 is 39.1 Å². The second-order valence-corrected chi connectivity index (χ2v) is 7.74. The van der Waals surface area contributed by atoms with Gasteiger partial charge in [-0.1, -0.05) is 12.1 Å². The molecule has 31 heavy (non-hydrogen) atoms. The molecule has 0 spiro atoms. The number of hydrogen-bond donors (Lipinski definition) is 1. The molecular weight excluding hydrogens is 404 g/mol. The molecule has 178 valence electrons. The monoisotopic (exact) mass is 442 g/mol. The summed E-state index contributed by atoms with van der Waals surface area (Å²) in [7, 11) is 1.68. The number of nitrogens with two attached hydrogens (primary N) is 1. The summed E-state index contributed by atoms with van der Waals surface area (Å²) in [5.41, 5.74) is 5.91. The topological polar surface area (TPSA) is 102 Å². The second kappa shape index (κ2) is 15.7. The van der Waals surface area contributed by atoms with Crippen molar-refractivity contribution in [2.45, 2.75) is 26.4 Å². The average molecular weight is 443 g/mol. The lowest BCUT2D eigenvalue weighted by molar-refractivity contribution is -0.00778. The van der Waals surface area contributed by atoms with Crippen LogP contribution in [-0.2, 0) is 23.7 Å². The highest BCUT2D eigenvalue weighted by molar-refractivity contribution is 5.67. The summed E-state index contributed by atoms with van der Waals surface area (Å²) in [6.07, 6.45) is -0.359. The first-order chi connectivity index (χ1) is 14.8. The zero-order valence-electron chi connectivity index (χ0n) is 19.3. The predicted molar refractivity (Wildman–Crippen MR) is 118 cm³/mol. The summed E-state index contributed by atoms with van der Waals surface area (Å²) in [4.78, 5) is 13.3. The van der Waals surface area contributed by atoms with Crippen LogP contribution in [0, 0.1) is 0 Å². The molecule has 0 aliphatic heterocycles. The van der Waals surface area contributed by atoms with E-state index in [9.17, 15) is 4.79 Å². The van der Waals surface area contributed by atoms with Crippen molar-refractivity contribution >= 4 is 11.8 Å². The van der Waals surface area contributed by atoms with Gasteiger partial charge in [0.25, 0.3) is 0 Å². The van der Waals surface area contributed by atoms with Gasteiger partial charge in [0.1, 0.15) is 18.0 Å². The maximum atomic E-state index is 11.8. The Morgan fingerprint density at radius 1 is 0.839 bits per heavy atom. The smallest absolute Gasteiger partial charge is 0.410 e. The highest BCUT2D eigenvalue weighted by Gasteiger charge is 2.19. The molecule has 0 saturated carbocycles. The Labute approximate surface area is 185 Å². The number of carbonyl (C=O) groups excluding carboxylic acids is 1. The van der Waals surface area contributed by atoms with Gasteiger partial charge in [-0.25, -0.2) is 4.79 Å². The van der Waals surface area contributed by atoms with E-state index >= 15 is 0 Å². The van der Waals surface area contributed by atoms with E-state index in [1.54, 1.807) is 13.1 Å². The Morgan fingerprint density at radius 3 is 1.84 bits per heavy atom. The van der Waals surface area contributed by atoms with Crippen LogP contribution in [0.3, 0.4) is 0 Å². The number of amides is 1. The molecule has 0 saturated heterocycles. The highest BCUT2D eigenvalue weighted by Crippen LogP contribution is 2.19. The van der Waals surface area contributed by atoms with E-state index in [1.165, 1.54) is 4.90 Å². The summed E-state index contributed by atoms with van der Waals surface area (Å²) in [5, 5.41) is 0. The largest absolute Gasteiger partial charge is 0.489 e. The number of rotatable bonds is 16. The van der Waals surface area contributed by atoms with E-state index < -0.39 is 5.60 Å². The van der Waals surface area contributed by atoms with Crippen LogP contribution in [0.2, 0.25) is 0 Å². The molecule has 0 unspecified atom stereocenters. The van der Waals surface area contributed by atoms with E-state index in [1.807, 2.05) is 39.0 Å². The van der Waals surface area contributed by atoms with Gasteiger partial charge >= 0.3 is 6.09 Å². The molecule has 0 aliphatic rings. The molecule has 0 aromatic heterocycles.